The lowest BCUT2D eigenvalue weighted by Gasteiger charge is -2.00. The van der Waals surface area contributed by atoms with Crippen LogP contribution in [-0.2, 0) is 7.05 Å². The van der Waals surface area contributed by atoms with Gasteiger partial charge in [-0.1, -0.05) is 0 Å². The van der Waals surface area contributed by atoms with Gasteiger partial charge in [0.25, 0.3) is 0 Å². The van der Waals surface area contributed by atoms with Crippen molar-refractivity contribution in [3.8, 4) is 0 Å². The summed E-state index contributed by atoms with van der Waals surface area (Å²) in [4.78, 5) is 27.5. The highest BCUT2D eigenvalue weighted by atomic mass is 16.4. The van der Waals surface area contributed by atoms with Crippen LogP contribution in [0.15, 0.2) is 51.9 Å². The molecule has 0 spiro atoms. The summed E-state index contributed by atoms with van der Waals surface area (Å²) >= 11 is 0. The van der Waals surface area contributed by atoms with Gasteiger partial charge >= 0.3 is 5.76 Å². The van der Waals surface area contributed by atoms with Gasteiger partial charge in [0.2, 0.25) is 0 Å². The van der Waals surface area contributed by atoms with Crippen LogP contribution in [0.5, 0.6) is 0 Å². The highest BCUT2D eigenvalue weighted by molar-refractivity contribution is 6.09. The number of ketones is 1. The number of rotatable bonds is 2. The molecule has 0 N–H and O–H groups in total. The minimum Gasteiger partial charge on any atom is -0.408 e. The number of carbonyl (C=O) groups is 1. The first-order chi connectivity index (χ1) is 9.16. The monoisotopic (exact) mass is 254 g/mol. The Morgan fingerprint density at radius 1 is 1.26 bits per heavy atom. The minimum absolute atomic E-state index is 0.151. The summed E-state index contributed by atoms with van der Waals surface area (Å²) < 4.78 is 6.46. The number of hydrogen-bond donors (Lipinski definition) is 0. The van der Waals surface area contributed by atoms with E-state index in [1.165, 1.54) is 10.8 Å². The largest absolute Gasteiger partial charge is 0.419 e. The number of aryl methyl sites for hydroxylation is 1. The molecule has 19 heavy (non-hydrogen) atoms. The molecule has 0 amide bonds. The Morgan fingerprint density at radius 2 is 2.11 bits per heavy atom. The van der Waals surface area contributed by atoms with Gasteiger partial charge in [0.1, 0.15) is 0 Å². The molecule has 0 saturated carbocycles. The molecule has 0 atom stereocenters. The molecule has 94 valence electrons. The SMILES string of the molecule is Cn1c(=O)oc2cc(C(=O)c3cccnc3)ccc21. The molecule has 0 fully saturated rings. The summed E-state index contributed by atoms with van der Waals surface area (Å²) in [5.74, 6) is -0.595. The molecule has 0 aliphatic carbocycles. The fourth-order valence-corrected chi connectivity index (χ4v) is 1.94. The summed E-state index contributed by atoms with van der Waals surface area (Å²) in [5.41, 5.74) is 2.03. The van der Waals surface area contributed by atoms with Crippen LogP contribution in [0.2, 0.25) is 0 Å². The zero-order chi connectivity index (χ0) is 13.4. The van der Waals surface area contributed by atoms with Crippen LogP contribution in [0, 0.1) is 0 Å². The second-order valence-corrected chi connectivity index (χ2v) is 4.18. The number of pyridine rings is 1. The Labute approximate surface area is 108 Å². The average Bonchev–Trinajstić information content (AvgIpc) is 2.74. The van der Waals surface area contributed by atoms with Crippen LogP contribution >= 0.6 is 0 Å². The average molecular weight is 254 g/mol. The maximum absolute atomic E-state index is 12.2. The predicted octanol–water partition coefficient (Wildman–Crippen LogP) is 1.76. The summed E-state index contributed by atoms with van der Waals surface area (Å²) in [6, 6.07) is 8.34. The summed E-state index contributed by atoms with van der Waals surface area (Å²) in [6.07, 6.45) is 3.11. The van der Waals surface area contributed by atoms with E-state index in [1.807, 2.05) is 0 Å². The first-order valence-electron chi connectivity index (χ1n) is 5.71. The van der Waals surface area contributed by atoms with Gasteiger partial charge in [0, 0.05) is 30.6 Å². The molecule has 0 aliphatic rings. The van der Waals surface area contributed by atoms with Gasteiger partial charge < -0.3 is 4.42 Å². The topological polar surface area (TPSA) is 65.1 Å². The van der Waals surface area contributed by atoms with Crippen molar-refractivity contribution < 1.29 is 9.21 Å². The van der Waals surface area contributed by atoms with Crippen LogP contribution < -0.4 is 5.76 Å². The predicted molar refractivity (Wildman–Crippen MR) is 69.1 cm³/mol. The fraction of sp³-hybridized carbons (Fsp3) is 0.0714. The summed E-state index contributed by atoms with van der Waals surface area (Å²) in [6.45, 7) is 0. The lowest BCUT2D eigenvalue weighted by atomic mass is 10.0. The van der Waals surface area contributed by atoms with Crippen molar-refractivity contribution in [1.82, 2.24) is 9.55 Å². The van der Waals surface area contributed by atoms with Crippen molar-refractivity contribution >= 4 is 16.9 Å². The quantitative estimate of drug-likeness (QED) is 0.653. The molecule has 1 aromatic carbocycles. The molecule has 0 bridgehead atoms. The number of nitrogens with zero attached hydrogens (tertiary/aromatic N) is 2. The third-order valence-electron chi connectivity index (χ3n) is 2.98. The fourth-order valence-electron chi connectivity index (χ4n) is 1.94. The maximum Gasteiger partial charge on any atom is 0.419 e. The third-order valence-corrected chi connectivity index (χ3v) is 2.98. The summed E-state index contributed by atoms with van der Waals surface area (Å²) in [5, 5.41) is 0. The van der Waals surface area contributed by atoms with E-state index in [9.17, 15) is 9.59 Å². The molecular weight excluding hydrogens is 244 g/mol. The molecule has 0 radical (unpaired) electrons. The molecule has 5 heteroatoms. The first kappa shape index (κ1) is 11.4. The number of aromatic nitrogens is 2. The molecule has 0 unspecified atom stereocenters. The van der Waals surface area contributed by atoms with Crippen LogP contribution in [0.3, 0.4) is 0 Å². The molecule has 3 aromatic rings. The molecular formula is C14H10N2O3. The van der Waals surface area contributed by atoms with E-state index in [0.717, 1.165) is 0 Å². The van der Waals surface area contributed by atoms with E-state index in [4.69, 9.17) is 4.42 Å². The van der Waals surface area contributed by atoms with E-state index in [2.05, 4.69) is 4.98 Å². The highest BCUT2D eigenvalue weighted by Crippen LogP contribution is 2.16. The second-order valence-electron chi connectivity index (χ2n) is 4.18. The van der Waals surface area contributed by atoms with Crippen LogP contribution in [0.4, 0.5) is 0 Å². The van der Waals surface area contributed by atoms with Crippen LogP contribution in [0.1, 0.15) is 15.9 Å². The van der Waals surface area contributed by atoms with E-state index in [-0.39, 0.29) is 5.78 Å². The van der Waals surface area contributed by atoms with Crippen molar-refractivity contribution in [2.24, 2.45) is 7.05 Å². The Balaban J connectivity index is 2.12. The lowest BCUT2D eigenvalue weighted by molar-refractivity contribution is 0.103. The normalized spacial score (nSPS) is 10.8. The number of carbonyl (C=O) groups excluding carboxylic acids is 1. The Morgan fingerprint density at radius 3 is 2.84 bits per heavy atom. The number of hydrogen-bond acceptors (Lipinski definition) is 4. The number of oxazole rings is 1. The van der Waals surface area contributed by atoms with Gasteiger partial charge in [-0.15, -0.1) is 0 Å². The van der Waals surface area contributed by atoms with Crippen molar-refractivity contribution in [2.45, 2.75) is 0 Å². The van der Waals surface area contributed by atoms with E-state index in [0.29, 0.717) is 22.2 Å². The van der Waals surface area contributed by atoms with E-state index >= 15 is 0 Å². The zero-order valence-electron chi connectivity index (χ0n) is 10.2. The minimum atomic E-state index is -0.444. The third kappa shape index (κ3) is 1.85. The van der Waals surface area contributed by atoms with Gasteiger partial charge in [-0.05, 0) is 30.3 Å². The van der Waals surface area contributed by atoms with Gasteiger partial charge in [-0.2, -0.15) is 0 Å². The molecule has 0 aliphatic heterocycles. The van der Waals surface area contributed by atoms with Gasteiger partial charge in [-0.3, -0.25) is 14.3 Å². The van der Waals surface area contributed by atoms with Gasteiger partial charge in [-0.25, -0.2) is 4.79 Å². The van der Waals surface area contributed by atoms with Crippen LogP contribution in [0.25, 0.3) is 11.1 Å². The van der Waals surface area contributed by atoms with Crippen LogP contribution in [-0.4, -0.2) is 15.3 Å². The molecule has 0 saturated heterocycles. The van der Waals surface area contributed by atoms with Crippen molar-refractivity contribution in [2.75, 3.05) is 0 Å². The van der Waals surface area contributed by atoms with Crippen molar-refractivity contribution in [1.29, 1.82) is 0 Å². The molecule has 5 nitrogen and oxygen atoms in total. The maximum atomic E-state index is 12.2. The number of benzene rings is 1. The molecule has 2 heterocycles. The lowest BCUT2D eigenvalue weighted by Crippen LogP contribution is -2.08. The van der Waals surface area contributed by atoms with Crippen molar-refractivity contribution in [3.63, 3.8) is 0 Å². The van der Waals surface area contributed by atoms with Gasteiger partial charge in [0.15, 0.2) is 11.4 Å². The zero-order valence-corrected chi connectivity index (χ0v) is 10.2. The highest BCUT2D eigenvalue weighted by Gasteiger charge is 2.12. The van der Waals surface area contributed by atoms with E-state index < -0.39 is 5.76 Å². The second kappa shape index (κ2) is 4.20. The Hall–Kier alpha value is -2.69. The van der Waals surface area contributed by atoms with Crippen molar-refractivity contribution in [3.05, 3.63) is 64.4 Å². The molecule has 2 aromatic heterocycles. The van der Waals surface area contributed by atoms with Gasteiger partial charge in [0.05, 0.1) is 5.52 Å². The smallest absolute Gasteiger partial charge is 0.408 e. The summed E-state index contributed by atoms with van der Waals surface area (Å²) in [7, 11) is 1.62. The van der Waals surface area contributed by atoms with E-state index in [1.54, 1.807) is 43.6 Å². The number of fused-ring (bicyclic) bond motifs is 1. The standard InChI is InChI=1S/C14H10N2O3/c1-16-11-5-4-9(7-12(11)19-14(16)18)13(17)10-3-2-6-15-8-10/h2-8H,1H3. The Kier molecular flexibility index (Phi) is 2.52. The Bertz CT molecular complexity index is 816. The molecule has 3 rings (SSSR count). The first-order valence-corrected chi connectivity index (χ1v) is 5.71.